The Hall–Kier alpha value is -4.00. The van der Waals surface area contributed by atoms with E-state index in [1.165, 1.54) is 11.6 Å². The maximum Gasteiger partial charge on any atom is 0.311 e. The third kappa shape index (κ3) is 7.06. The molecule has 6 heteroatoms. The third-order valence-electron chi connectivity index (χ3n) is 6.90. The Balaban J connectivity index is 1.55. The van der Waals surface area contributed by atoms with E-state index >= 15 is 0 Å². The number of hydrogen-bond acceptors (Lipinski definition) is 5. The molecule has 0 amide bonds. The Morgan fingerprint density at radius 3 is 2.00 bits per heavy atom. The second-order valence-corrected chi connectivity index (χ2v) is 9.60. The van der Waals surface area contributed by atoms with Gasteiger partial charge in [-0.3, -0.25) is 15.0 Å². The molecular formula is C32H34N2O4. The van der Waals surface area contributed by atoms with E-state index in [2.05, 4.69) is 43.0 Å². The highest BCUT2D eigenvalue weighted by atomic mass is 16.6. The van der Waals surface area contributed by atoms with E-state index in [0.29, 0.717) is 12.1 Å². The zero-order chi connectivity index (χ0) is 26.9. The number of rotatable bonds is 12. The van der Waals surface area contributed by atoms with E-state index in [1.54, 1.807) is 12.1 Å². The van der Waals surface area contributed by atoms with Gasteiger partial charge in [-0.15, -0.1) is 0 Å². The van der Waals surface area contributed by atoms with E-state index in [1.807, 2.05) is 66.7 Å². The molecule has 4 aromatic carbocycles. The molecule has 6 nitrogen and oxygen atoms in total. The van der Waals surface area contributed by atoms with Crippen molar-refractivity contribution in [2.45, 2.75) is 45.1 Å². The molecule has 0 fully saturated rings. The SMILES string of the molecule is CC(Cc1ccccc1)N(CC(O)c1ccc(OCc2ccccc2)c([N+](=O)[O-])c1)C(C)c1ccccc1. The van der Waals surface area contributed by atoms with Gasteiger partial charge >= 0.3 is 5.69 Å². The molecule has 4 aromatic rings. The van der Waals surface area contributed by atoms with Crippen molar-refractivity contribution in [3.63, 3.8) is 0 Å². The number of aliphatic hydroxyl groups is 1. The van der Waals surface area contributed by atoms with Crippen LogP contribution in [0.3, 0.4) is 0 Å². The van der Waals surface area contributed by atoms with Gasteiger partial charge in [-0.1, -0.05) is 97.1 Å². The monoisotopic (exact) mass is 510 g/mol. The molecule has 0 spiro atoms. The Morgan fingerprint density at radius 2 is 1.39 bits per heavy atom. The van der Waals surface area contributed by atoms with Crippen LogP contribution in [0, 0.1) is 10.1 Å². The number of hydrogen-bond donors (Lipinski definition) is 1. The van der Waals surface area contributed by atoms with Gasteiger partial charge in [0.05, 0.1) is 11.0 Å². The van der Waals surface area contributed by atoms with Crippen LogP contribution in [0.15, 0.2) is 109 Å². The fourth-order valence-corrected chi connectivity index (χ4v) is 4.76. The van der Waals surface area contributed by atoms with Crippen molar-refractivity contribution < 1.29 is 14.8 Å². The summed E-state index contributed by atoms with van der Waals surface area (Å²) in [4.78, 5) is 13.7. The van der Waals surface area contributed by atoms with E-state index < -0.39 is 11.0 Å². The van der Waals surface area contributed by atoms with Crippen LogP contribution in [-0.2, 0) is 13.0 Å². The highest BCUT2D eigenvalue weighted by molar-refractivity contribution is 5.49. The second-order valence-electron chi connectivity index (χ2n) is 9.60. The molecule has 4 rings (SSSR count). The standard InChI is InChI=1S/C32H34N2O4/c1-24(20-26-12-6-3-7-13-26)33(25(2)28-16-10-5-11-17-28)22-31(35)29-18-19-32(30(21-29)34(36)37)38-23-27-14-8-4-9-15-27/h3-19,21,24-25,31,35H,20,22-23H2,1-2H3. The Labute approximate surface area is 224 Å². The van der Waals surface area contributed by atoms with Gasteiger partial charge in [-0.2, -0.15) is 0 Å². The van der Waals surface area contributed by atoms with Gasteiger partial charge in [0.25, 0.3) is 0 Å². The molecule has 3 atom stereocenters. The quantitative estimate of drug-likeness (QED) is 0.166. The second kappa shape index (κ2) is 13.0. The van der Waals surface area contributed by atoms with Crippen molar-refractivity contribution in [1.82, 2.24) is 4.90 Å². The fourth-order valence-electron chi connectivity index (χ4n) is 4.76. The fraction of sp³-hybridized carbons (Fsp3) is 0.250. The summed E-state index contributed by atoms with van der Waals surface area (Å²) in [6, 6.07) is 34.9. The third-order valence-corrected chi connectivity index (χ3v) is 6.90. The molecule has 0 heterocycles. The lowest BCUT2D eigenvalue weighted by Crippen LogP contribution is -2.39. The molecule has 196 valence electrons. The van der Waals surface area contributed by atoms with E-state index in [4.69, 9.17) is 4.74 Å². The highest BCUT2D eigenvalue weighted by Crippen LogP contribution is 2.33. The predicted molar refractivity (Wildman–Crippen MR) is 150 cm³/mol. The molecule has 0 bridgehead atoms. The normalized spacial score (nSPS) is 13.6. The maximum absolute atomic E-state index is 11.9. The maximum atomic E-state index is 11.9. The molecule has 3 unspecified atom stereocenters. The van der Waals surface area contributed by atoms with Crippen LogP contribution in [0.1, 0.15) is 48.2 Å². The van der Waals surface area contributed by atoms with Crippen molar-refractivity contribution in [2.75, 3.05) is 6.54 Å². The molecule has 0 aliphatic heterocycles. The van der Waals surface area contributed by atoms with E-state index in [0.717, 1.165) is 17.5 Å². The van der Waals surface area contributed by atoms with Crippen molar-refractivity contribution >= 4 is 5.69 Å². The van der Waals surface area contributed by atoms with Crippen molar-refractivity contribution in [3.05, 3.63) is 142 Å². The first kappa shape index (κ1) is 27.0. The lowest BCUT2D eigenvalue weighted by atomic mass is 9.99. The highest BCUT2D eigenvalue weighted by Gasteiger charge is 2.26. The summed E-state index contributed by atoms with van der Waals surface area (Å²) in [5.74, 6) is 0.182. The molecular weight excluding hydrogens is 476 g/mol. The number of aliphatic hydroxyl groups excluding tert-OH is 1. The lowest BCUT2D eigenvalue weighted by molar-refractivity contribution is -0.386. The van der Waals surface area contributed by atoms with E-state index in [9.17, 15) is 15.2 Å². The summed E-state index contributed by atoms with van der Waals surface area (Å²) in [6.07, 6.45) is -0.0989. The largest absolute Gasteiger partial charge is 0.482 e. The molecule has 0 aliphatic rings. The molecule has 0 aromatic heterocycles. The number of nitrogens with zero attached hydrogens (tertiary/aromatic N) is 2. The summed E-state index contributed by atoms with van der Waals surface area (Å²) in [5, 5.41) is 23.2. The number of nitro groups is 1. The molecule has 1 N–H and O–H groups in total. The first-order valence-corrected chi connectivity index (χ1v) is 12.9. The van der Waals surface area contributed by atoms with Crippen LogP contribution in [0.4, 0.5) is 5.69 Å². The molecule has 0 aliphatic carbocycles. The first-order valence-electron chi connectivity index (χ1n) is 12.9. The first-order chi connectivity index (χ1) is 18.4. The summed E-state index contributed by atoms with van der Waals surface area (Å²) >= 11 is 0. The molecule has 0 saturated carbocycles. The minimum Gasteiger partial charge on any atom is -0.482 e. The van der Waals surface area contributed by atoms with Crippen LogP contribution in [-0.4, -0.2) is 27.5 Å². The summed E-state index contributed by atoms with van der Waals surface area (Å²) in [6.45, 7) is 4.84. The summed E-state index contributed by atoms with van der Waals surface area (Å²) < 4.78 is 5.77. The van der Waals surface area contributed by atoms with E-state index in [-0.39, 0.29) is 30.1 Å². The van der Waals surface area contributed by atoms with Crippen LogP contribution in [0.5, 0.6) is 5.75 Å². The minimum atomic E-state index is -0.916. The average molecular weight is 511 g/mol. The van der Waals surface area contributed by atoms with Crippen LogP contribution in [0.25, 0.3) is 0 Å². The zero-order valence-electron chi connectivity index (χ0n) is 21.8. The molecule has 0 saturated heterocycles. The van der Waals surface area contributed by atoms with Crippen LogP contribution < -0.4 is 4.74 Å². The minimum absolute atomic E-state index is 0.0352. The molecule has 38 heavy (non-hydrogen) atoms. The molecule has 0 radical (unpaired) electrons. The zero-order valence-corrected chi connectivity index (χ0v) is 21.8. The van der Waals surface area contributed by atoms with Gasteiger partial charge in [-0.05, 0) is 48.6 Å². The topological polar surface area (TPSA) is 75.8 Å². The average Bonchev–Trinajstić information content (AvgIpc) is 2.95. The van der Waals surface area contributed by atoms with Crippen LogP contribution in [0.2, 0.25) is 0 Å². The van der Waals surface area contributed by atoms with Gasteiger partial charge in [0.1, 0.15) is 6.61 Å². The summed E-state index contributed by atoms with van der Waals surface area (Å²) in [5.41, 5.74) is 3.62. The number of ether oxygens (including phenoxy) is 1. The van der Waals surface area contributed by atoms with Crippen LogP contribution >= 0.6 is 0 Å². The smallest absolute Gasteiger partial charge is 0.311 e. The van der Waals surface area contributed by atoms with Gasteiger partial charge in [-0.25, -0.2) is 0 Å². The van der Waals surface area contributed by atoms with Crippen molar-refractivity contribution in [2.24, 2.45) is 0 Å². The number of nitro benzene ring substituents is 1. The van der Waals surface area contributed by atoms with Gasteiger partial charge in [0.2, 0.25) is 0 Å². The van der Waals surface area contributed by atoms with Crippen molar-refractivity contribution in [1.29, 1.82) is 0 Å². The van der Waals surface area contributed by atoms with Crippen molar-refractivity contribution in [3.8, 4) is 5.75 Å². The predicted octanol–water partition coefficient (Wildman–Crippen LogP) is 6.90. The Kier molecular flexibility index (Phi) is 9.25. The van der Waals surface area contributed by atoms with Gasteiger partial charge in [0, 0.05) is 24.7 Å². The number of benzene rings is 4. The lowest BCUT2D eigenvalue weighted by Gasteiger charge is -2.36. The van der Waals surface area contributed by atoms with Gasteiger partial charge in [0.15, 0.2) is 5.75 Å². The Bertz CT molecular complexity index is 1300. The van der Waals surface area contributed by atoms with Gasteiger partial charge < -0.3 is 9.84 Å². The Morgan fingerprint density at radius 1 is 0.816 bits per heavy atom. The summed E-state index contributed by atoms with van der Waals surface area (Å²) in [7, 11) is 0.